The van der Waals surface area contributed by atoms with Crippen molar-refractivity contribution in [2.75, 3.05) is 23.8 Å². The zero-order valence-corrected chi connectivity index (χ0v) is 18.9. The zero-order valence-electron chi connectivity index (χ0n) is 18.9. The number of hydrogen-bond donors (Lipinski definition) is 3. The Bertz CT molecular complexity index is 1240. The highest BCUT2D eigenvalue weighted by Crippen LogP contribution is 2.37. The van der Waals surface area contributed by atoms with Crippen molar-refractivity contribution in [2.45, 2.75) is 50.6 Å². The molecule has 2 aromatic heterocycles. The Hall–Kier alpha value is -3.41. The third-order valence-corrected chi connectivity index (χ3v) is 6.73. The number of nitrogens with zero attached hydrogens (tertiary/aromatic N) is 4. The molecule has 35 heavy (non-hydrogen) atoms. The number of nitrogens with two attached hydrogens (primary N) is 1. The van der Waals surface area contributed by atoms with E-state index < -0.39 is 17.5 Å². The molecule has 1 aromatic carbocycles. The number of aromatic nitrogens is 4. The Balaban J connectivity index is 1.51. The number of amides is 1. The van der Waals surface area contributed by atoms with Gasteiger partial charge in [0.15, 0.2) is 23.1 Å². The zero-order chi connectivity index (χ0) is 24.5. The Labute approximate surface area is 199 Å². The standard InChI is InChI=1S/C23H26F3N7O2/c24-15-5-6-16(19(26)18(15)25)30-23-31-17-11-28-22(29-13-7-9-35-10-8-13)32-21(17)33(23)14-3-1-12(2-4-14)20(27)34/h5-6,11-14H,1-4,7-10H2,(H2,27,34)(H,30,31)(H,28,29,32)/t12-,14-. The van der Waals surface area contributed by atoms with Gasteiger partial charge in [-0.15, -0.1) is 0 Å². The number of primary amides is 1. The second kappa shape index (κ2) is 9.68. The van der Waals surface area contributed by atoms with Crippen molar-refractivity contribution < 1.29 is 22.7 Å². The first kappa shape index (κ1) is 23.3. The fraction of sp³-hybridized carbons (Fsp3) is 0.478. The van der Waals surface area contributed by atoms with E-state index in [1.54, 1.807) is 6.20 Å². The summed E-state index contributed by atoms with van der Waals surface area (Å²) in [5.74, 6) is -4.06. The van der Waals surface area contributed by atoms with E-state index in [1.165, 1.54) is 0 Å². The molecule has 186 valence electrons. The van der Waals surface area contributed by atoms with Gasteiger partial charge in [-0.05, 0) is 50.7 Å². The third-order valence-electron chi connectivity index (χ3n) is 6.73. The van der Waals surface area contributed by atoms with E-state index in [1.807, 2.05) is 4.57 Å². The number of nitrogens with one attached hydrogen (secondary N) is 2. The molecule has 2 fully saturated rings. The topological polar surface area (TPSA) is 120 Å². The maximum Gasteiger partial charge on any atom is 0.224 e. The van der Waals surface area contributed by atoms with E-state index in [9.17, 15) is 18.0 Å². The smallest absolute Gasteiger partial charge is 0.224 e. The second-order valence-electron chi connectivity index (χ2n) is 8.99. The predicted octanol–water partition coefficient (Wildman–Crippen LogP) is 3.79. The maximum absolute atomic E-state index is 14.4. The van der Waals surface area contributed by atoms with Crippen molar-refractivity contribution in [3.05, 3.63) is 35.8 Å². The quantitative estimate of drug-likeness (QED) is 0.451. The van der Waals surface area contributed by atoms with Gasteiger partial charge in [0.1, 0.15) is 5.52 Å². The van der Waals surface area contributed by atoms with Gasteiger partial charge in [0.25, 0.3) is 0 Å². The molecule has 3 heterocycles. The first-order valence-electron chi connectivity index (χ1n) is 11.7. The number of fused-ring (bicyclic) bond motifs is 1. The number of ether oxygens (including phenoxy) is 1. The van der Waals surface area contributed by atoms with Crippen LogP contribution in [0.15, 0.2) is 18.3 Å². The number of halogens is 3. The van der Waals surface area contributed by atoms with Gasteiger partial charge < -0.3 is 21.1 Å². The van der Waals surface area contributed by atoms with Crippen LogP contribution in [0.5, 0.6) is 0 Å². The summed E-state index contributed by atoms with van der Waals surface area (Å²) in [5.41, 5.74) is 6.22. The van der Waals surface area contributed by atoms with Gasteiger partial charge in [0.05, 0.1) is 11.9 Å². The van der Waals surface area contributed by atoms with Gasteiger partial charge in [-0.2, -0.15) is 4.98 Å². The van der Waals surface area contributed by atoms with Crippen LogP contribution in [-0.4, -0.2) is 44.7 Å². The molecule has 5 rings (SSSR count). The molecule has 1 saturated carbocycles. The largest absolute Gasteiger partial charge is 0.381 e. The maximum atomic E-state index is 14.4. The minimum absolute atomic E-state index is 0.114. The molecular formula is C23H26F3N7O2. The number of carbonyl (C=O) groups is 1. The molecule has 0 spiro atoms. The lowest BCUT2D eigenvalue weighted by atomic mass is 9.85. The molecular weight excluding hydrogens is 463 g/mol. The number of rotatable bonds is 6. The van der Waals surface area contributed by atoms with E-state index in [2.05, 4.69) is 20.6 Å². The molecule has 4 N–H and O–H groups in total. The van der Waals surface area contributed by atoms with Gasteiger partial charge >= 0.3 is 0 Å². The second-order valence-corrected chi connectivity index (χ2v) is 8.99. The van der Waals surface area contributed by atoms with Crippen LogP contribution < -0.4 is 16.4 Å². The molecule has 0 atom stereocenters. The summed E-state index contributed by atoms with van der Waals surface area (Å²) in [6.45, 7) is 1.32. The Morgan fingerprint density at radius 1 is 1.03 bits per heavy atom. The van der Waals surface area contributed by atoms with Gasteiger partial charge in [0, 0.05) is 31.2 Å². The number of carbonyl (C=O) groups excluding carboxylic acids is 1. The summed E-state index contributed by atoms with van der Waals surface area (Å²) < 4.78 is 48.9. The van der Waals surface area contributed by atoms with Crippen LogP contribution in [0.1, 0.15) is 44.6 Å². The highest BCUT2D eigenvalue weighted by atomic mass is 19.2. The first-order chi connectivity index (χ1) is 16.9. The number of hydrogen-bond acceptors (Lipinski definition) is 7. The Morgan fingerprint density at radius 3 is 2.49 bits per heavy atom. The van der Waals surface area contributed by atoms with Crippen LogP contribution in [0.25, 0.3) is 11.2 Å². The lowest BCUT2D eigenvalue weighted by Crippen LogP contribution is -2.29. The van der Waals surface area contributed by atoms with Crippen LogP contribution >= 0.6 is 0 Å². The van der Waals surface area contributed by atoms with Gasteiger partial charge in [-0.25, -0.2) is 23.1 Å². The minimum Gasteiger partial charge on any atom is -0.381 e. The highest BCUT2D eigenvalue weighted by Gasteiger charge is 2.29. The van der Waals surface area contributed by atoms with Crippen LogP contribution in [0.4, 0.5) is 30.8 Å². The predicted molar refractivity (Wildman–Crippen MR) is 123 cm³/mol. The van der Waals surface area contributed by atoms with Crippen molar-refractivity contribution in [1.29, 1.82) is 0 Å². The van der Waals surface area contributed by atoms with E-state index in [-0.39, 0.29) is 35.5 Å². The fourth-order valence-corrected chi connectivity index (χ4v) is 4.78. The molecule has 12 heteroatoms. The summed E-state index contributed by atoms with van der Waals surface area (Å²) in [5, 5.41) is 6.13. The molecule has 9 nitrogen and oxygen atoms in total. The lowest BCUT2D eigenvalue weighted by molar-refractivity contribution is -0.122. The summed E-state index contributed by atoms with van der Waals surface area (Å²) in [6.07, 6.45) is 5.68. The monoisotopic (exact) mass is 489 g/mol. The number of imidazole rings is 1. The SMILES string of the molecule is NC(=O)[C@H]1CC[C@H](n2c(Nc3ccc(F)c(F)c3F)nc3cnc(NC4CCOCC4)nc32)CC1. The summed E-state index contributed by atoms with van der Waals surface area (Å²) in [7, 11) is 0. The molecule has 2 aliphatic rings. The van der Waals surface area contributed by atoms with E-state index >= 15 is 0 Å². The van der Waals surface area contributed by atoms with Crippen molar-refractivity contribution >= 4 is 34.7 Å². The van der Waals surface area contributed by atoms with E-state index in [0.717, 1.165) is 25.0 Å². The normalized spacial score (nSPS) is 21.2. The van der Waals surface area contributed by atoms with Crippen LogP contribution in [0, 0.1) is 23.4 Å². The van der Waals surface area contributed by atoms with Crippen LogP contribution in [-0.2, 0) is 9.53 Å². The van der Waals surface area contributed by atoms with E-state index in [4.69, 9.17) is 15.5 Å². The van der Waals surface area contributed by atoms with Crippen molar-refractivity contribution in [3.63, 3.8) is 0 Å². The first-order valence-corrected chi connectivity index (χ1v) is 11.7. The lowest BCUT2D eigenvalue weighted by Gasteiger charge is -2.29. The van der Waals surface area contributed by atoms with Crippen molar-refractivity contribution in [3.8, 4) is 0 Å². The van der Waals surface area contributed by atoms with Gasteiger partial charge in [-0.1, -0.05) is 0 Å². The average molecular weight is 490 g/mol. The fourth-order valence-electron chi connectivity index (χ4n) is 4.78. The molecule has 3 aromatic rings. The third kappa shape index (κ3) is 4.75. The molecule has 1 aliphatic carbocycles. The van der Waals surface area contributed by atoms with Gasteiger partial charge in [0.2, 0.25) is 17.8 Å². The Kier molecular flexibility index (Phi) is 6.46. The minimum atomic E-state index is -1.57. The van der Waals surface area contributed by atoms with Gasteiger partial charge in [-0.3, -0.25) is 9.36 Å². The molecule has 1 saturated heterocycles. The summed E-state index contributed by atoms with van der Waals surface area (Å²) in [4.78, 5) is 25.2. The average Bonchev–Trinajstić information content (AvgIpc) is 3.22. The summed E-state index contributed by atoms with van der Waals surface area (Å²) in [6, 6.07) is 2.03. The van der Waals surface area contributed by atoms with E-state index in [0.29, 0.717) is 56.0 Å². The summed E-state index contributed by atoms with van der Waals surface area (Å²) >= 11 is 0. The van der Waals surface area contributed by atoms with Crippen molar-refractivity contribution in [1.82, 2.24) is 19.5 Å². The number of anilines is 3. The molecule has 0 radical (unpaired) electrons. The molecule has 0 bridgehead atoms. The van der Waals surface area contributed by atoms with Crippen molar-refractivity contribution in [2.24, 2.45) is 11.7 Å². The molecule has 1 aliphatic heterocycles. The molecule has 1 amide bonds. The highest BCUT2D eigenvalue weighted by molar-refractivity contribution is 5.78. The number of benzene rings is 1. The van der Waals surface area contributed by atoms with Crippen LogP contribution in [0.2, 0.25) is 0 Å². The van der Waals surface area contributed by atoms with Crippen LogP contribution in [0.3, 0.4) is 0 Å². The Morgan fingerprint density at radius 2 is 1.77 bits per heavy atom. The molecule has 0 unspecified atom stereocenters.